The molecule has 0 radical (unpaired) electrons. The van der Waals surface area contributed by atoms with E-state index in [0.29, 0.717) is 16.4 Å². The lowest BCUT2D eigenvalue weighted by atomic mass is 10.1. The molecule has 3 aromatic heterocycles. The van der Waals surface area contributed by atoms with E-state index < -0.39 is 0 Å². The maximum Gasteiger partial charge on any atom is 0.272 e. The van der Waals surface area contributed by atoms with Gasteiger partial charge < -0.3 is 19.6 Å². The first-order chi connectivity index (χ1) is 15.5. The van der Waals surface area contributed by atoms with E-state index in [1.54, 1.807) is 13.1 Å². The average Bonchev–Trinajstić information content (AvgIpc) is 3.30. The molecule has 2 N–H and O–H groups in total. The second kappa shape index (κ2) is 8.29. The molecule has 1 aromatic carbocycles. The molecule has 32 heavy (non-hydrogen) atoms. The van der Waals surface area contributed by atoms with Gasteiger partial charge in [-0.1, -0.05) is 17.7 Å². The van der Waals surface area contributed by atoms with Crippen LogP contribution in [-0.4, -0.2) is 58.4 Å². The van der Waals surface area contributed by atoms with E-state index in [4.69, 9.17) is 11.6 Å². The van der Waals surface area contributed by atoms with Gasteiger partial charge in [-0.2, -0.15) is 0 Å². The van der Waals surface area contributed by atoms with Crippen LogP contribution in [0.1, 0.15) is 16.1 Å². The van der Waals surface area contributed by atoms with Crippen LogP contribution in [0.5, 0.6) is 0 Å². The summed E-state index contributed by atoms with van der Waals surface area (Å²) < 4.78 is 1.92. The van der Waals surface area contributed by atoms with E-state index in [1.165, 1.54) is 0 Å². The van der Waals surface area contributed by atoms with Crippen LogP contribution in [0, 0.1) is 0 Å². The average molecular weight is 451 g/mol. The second-order valence-electron chi connectivity index (χ2n) is 7.92. The number of nitrogens with one attached hydrogen (secondary N) is 2. The highest BCUT2D eigenvalue weighted by Gasteiger charge is 2.21. The third-order valence-electron chi connectivity index (χ3n) is 5.96. The molecule has 1 aliphatic rings. The highest BCUT2D eigenvalue weighted by atomic mass is 35.5. The first-order valence-corrected chi connectivity index (χ1v) is 10.9. The van der Waals surface area contributed by atoms with Crippen LogP contribution in [0.2, 0.25) is 5.15 Å². The Morgan fingerprint density at radius 1 is 1.12 bits per heavy atom. The van der Waals surface area contributed by atoms with Gasteiger partial charge in [-0.15, -0.1) is 0 Å². The molecule has 164 valence electrons. The van der Waals surface area contributed by atoms with Gasteiger partial charge in [0.25, 0.3) is 11.5 Å². The normalized spacial score (nSPS) is 14.9. The quantitative estimate of drug-likeness (QED) is 0.467. The molecule has 1 saturated heterocycles. The number of H-pyrrole nitrogens is 1. The van der Waals surface area contributed by atoms with Crippen molar-refractivity contribution in [2.24, 2.45) is 0 Å². The Bertz CT molecular complexity index is 1370. The molecule has 0 aliphatic carbocycles. The summed E-state index contributed by atoms with van der Waals surface area (Å²) in [4.78, 5) is 35.8. The van der Waals surface area contributed by atoms with Crippen molar-refractivity contribution in [1.29, 1.82) is 0 Å². The van der Waals surface area contributed by atoms with Gasteiger partial charge >= 0.3 is 0 Å². The molecule has 5 rings (SSSR count). The predicted octanol–water partition coefficient (Wildman–Crippen LogP) is 2.51. The first-order valence-electron chi connectivity index (χ1n) is 10.5. The van der Waals surface area contributed by atoms with Gasteiger partial charge in [0.15, 0.2) is 5.15 Å². The number of hydrogen-bond donors (Lipinski definition) is 2. The number of piperazine rings is 1. The number of anilines is 1. The lowest BCUT2D eigenvalue weighted by molar-refractivity contribution is 0.0958. The number of nitrogens with zero attached hydrogens (tertiary/aromatic N) is 4. The highest BCUT2D eigenvalue weighted by Crippen LogP contribution is 2.26. The fraction of sp³-hybridized carbons (Fsp3) is 0.261. The molecule has 0 unspecified atom stereocenters. The molecule has 0 spiro atoms. The summed E-state index contributed by atoms with van der Waals surface area (Å²) >= 11 is 6.35. The third kappa shape index (κ3) is 3.72. The Kier molecular flexibility index (Phi) is 5.32. The zero-order valence-electron chi connectivity index (χ0n) is 17.6. The lowest BCUT2D eigenvalue weighted by Gasteiger charge is -2.36. The molecular formula is C23H23ClN6O2. The van der Waals surface area contributed by atoms with Crippen molar-refractivity contribution in [2.45, 2.75) is 6.54 Å². The molecule has 4 aromatic rings. The monoisotopic (exact) mass is 450 g/mol. The molecule has 4 heterocycles. The van der Waals surface area contributed by atoms with E-state index >= 15 is 0 Å². The van der Waals surface area contributed by atoms with E-state index in [-0.39, 0.29) is 11.5 Å². The number of benzene rings is 1. The van der Waals surface area contributed by atoms with Crippen molar-refractivity contribution >= 4 is 39.7 Å². The smallest absolute Gasteiger partial charge is 0.272 e. The van der Waals surface area contributed by atoms with Crippen LogP contribution in [0.15, 0.2) is 53.5 Å². The van der Waals surface area contributed by atoms with Gasteiger partial charge in [0.2, 0.25) is 0 Å². The van der Waals surface area contributed by atoms with Crippen LogP contribution in [0.3, 0.4) is 0 Å². The zero-order chi connectivity index (χ0) is 22.2. The molecule has 0 bridgehead atoms. The molecule has 9 heteroatoms. The van der Waals surface area contributed by atoms with Gasteiger partial charge in [-0.3, -0.25) is 14.5 Å². The number of amides is 1. The largest absolute Gasteiger partial charge is 0.366 e. The summed E-state index contributed by atoms with van der Waals surface area (Å²) in [5.74, 6) is -0.252. The van der Waals surface area contributed by atoms with E-state index in [1.807, 2.05) is 28.8 Å². The molecule has 1 aliphatic heterocycles. The van der Waals surface area contributed by atoms with Gasteiger partial charge in [-0.05, 0) is 42.0 Å². The SMILES string of the molecule is CNC(=O)c1ccc(N2CCN(Cc3ccc4c(c3)[nH]c(=O)c3cccn34)CC2)c(Cl)n1. The van der Waals surface area contributed by atoms with Crippen molar-refractivity contribution < 1.29 is 4.79 Å². The summed E-state index contributed by atoms with van der Waals surface area (Å²) in [7, 11) is 1.57. The maximum absolute atomic E-state index is 12.3. The molecule has 0 atom stereocenters. The number of halogens is 1. The lowest BCUT2D eigenvalue weighted by Crippen LogP contribution is -2.46. The van der Waals surface area contributed by atoms with Crippen LogP contribution in [0.25, 0.3) is 16.6 Å². The highest BCUT2D eigenvalue weighted by molar-refractivity contribution is 6.32. The predicted molar refractivity (Wildman–Crippen MR) is 126 cm³/mol. The Morgan fingerprint density at radius 3 is 2.69 bits per heavy atom. The van der Waals surface area contributed by atoms with Crippen molar-refractivity contribution in [2.75, 3.05) is 38.1 Å². The minimum Gasteiger partial charge on any atom is -0.366 e. The molecule has 0 saturated carbocycles. The zero-order valence-corrected chi connectivity index (χ0v) is 18.4. The van der Waals surface area contributed by atoms with E-state index in [9.17, 15) is 9.59 Å². The fourth-order valence-corrected chi connectivity index (χ4v) is 4.55. The molecule has 1 amide bonds. The number of carbonyl (C=O) groups is 1. The van der Waals surface area contributed by atoms with Crippen molar-refractivity contribution in [3.05, 3.63) is 75.4 Å². The first kappa shape index (κ1) is 20.5. The number of carbonyl (C=O) groups excluding carboxylic acids is 1. The van der Waals surface area contributed by atoms with Crippen molar-refractivity contribution in [1.82, 2.24) is 24.6 Å². The second-order valence-corrected chi connectivity index (χ2v) is 8.28. The Labute approximate surface area is 189 Å². The number of hydrogen-bond acceptors (Lipinski definition) is 5. The summed E-state index contributed by atoms with van der Waals surface area (Å²) in [6.07, 6.45) is 1.91. The summed E-state index contributed by atoms with van der Waals surface area (Å²) in [6, 6.07) is 13.5. The summed E-state index contributed by atoms with van der Waals surface area (Å²) in [6.45, 7) is 4.18. The van der Waals surface area contributed by atoms with Crippen LogP contribution < -0.4 is 15.8 Å². The number of pyridine rings is 1. The summed E-state index contributed by atoms with van der Waals surface area (Å²) in [5, 5.41) is 2.90. The Balaban J connectivity index is 1.28. The molecule has 1 fully saturated rings. The van der Waals surface area contributed by atoms with Crippen LogP contribution in [-0.2, 0) is 6.54 Å². The number of fused-ring (bicyclic) bond motifs is 3. The maximum atomic E-state index is 12.3. The fourth-order valence-electron chi connectivity index (χ4n) is 4.28. The molecule has 8 nitrogen and oxygen atoms in total. The Hall–Kier alpha value is -3.36. The Morgan fingerprint density at radius 2 is 1.94 bits per heavy atom. The van der Waals surface area contributed by atoms with Gasteiger partial charge in [-0.25, -0.2) is 4.98 Å². The van der Waals surface area contributed by atoms with Crippen LogP contribution in [0.4, 0.5) is 5.69 Å². The van der Waals surface area contributed by atoms with E-state index in [2.05, 4.69) is 43.3 Å². The van der Waals surface area contributed by atoms with Crippen LogP contribution >= 0.6 is 11.6 Å². The van der Waals surface area contributed by atoms with Gasteiger partial charge in [0.1, 0.15) is 11.2 Å². The minimum atomic E-state index is -0.252. The van der Waals surface area contributed by atoms with E-state index in [0.717, 1.165) is 55.0 Å². The van der Waals surface area contributed by atoms with Crippen molar-refractivity contribution in [3.63, 3.8) is 0 Å². The van der Waals surface area contributed by atoms with Gasteiger partial charge in [0.05, 0.1) is 16.7 Å². The topological polar surface area (TPSA) is 85.7 Å². The number of rotatable bonds is 4. The number of aromatic nitrogens is 3. The number of aromatic amines is 1. The van der Waals surface area contributed by atoms with Gasteiger partial charge in [0, 0.05) is 46.0 Å². The van der Waals surface area contributed by atoms with Crippen molar-refractivity contribution in [3.8, 4) is 0 Å². The summed E-state index contributed by atoms with van der Waals surface area (Å²) in [5.41, 5.74) is 4.70. The minimum absolute atomic E-state index is 0.0822. The standard InChI is InChI=1S/C23H23ClN6O2/c1-25-22(31)16-5-7-19(21(24)26-16)29-11-9-28(10-12-29)14-15-4-6-18-17(13-15)27-23(32)20-3-2-8-30(18)20/h2-8,13H,9-12,14H2,1H3,(H,25,31)(H,27,32). The molecular weight excluding hydrogens is 428 g/mol. The third-order valence-corrected chi connectivity index (χ3v) is 6.24.